The third kappa shape index (κ3) is 3.75. The smallest absolute Gasteiger partial charge is 0.310 e. The topological polar surface area (TPSA) is 40.5 Å². The number of hydrogen-bond donors (Lipinski definition) is 1. The van der Waals surface area contributed by atoms with Crippen molar-refractivity contribution in [2.45, 2.75) is 83.6 Å². The molecule has 0 aromatic carbocycles. The molecule has 1 saturated carbocycles. The average Bonchev–Trinajstić information content (AvgIpc) is 2.38. The largest absolute Gasteiger partial charge is 0.481 e. The van der Waals surface area contributed by atoms with E-state index >= 15 is 0 Å². The fourth-order valence-corrected chi connectivity index (χ4v) is 4.24. The molecule has 0 spiro atoms. The predicted octanol–water partition coefficient (Wildman–Crippen LogP) is 4.07. The molecule has 2 rings (SSSR count). The van der Waals surface area contributed by atoms with Crippen LogP contribution in [-0.4, -0.2) is 35.1 Å². The maximum absolute atomic E-state index is 11.8. The van der Waals surface area contributed by atoms with Crippen LogP contribution in [0.25, 0.3) is 0 Å². The van der Waals surface area contributed by atoms with Gasteiger partial charge in [0, 0.05) is 12.6 Å². The molecule has 0 radical (unpaired) electrons. The van der Waals surface area contributed by atoms with Crippen LogP contribution in [0, 0.1) is 5.41 Å². The van der Waals surface area contributed by atoms with Gasteiger partial charge in [0.15, 0.2) is 0 Å². The van der Waals surface area contributed by atoms with Gasteiger partial charge in [-0.15, -0.1) is 0 Å². The third-order valence-corrected chi connectivity index (χ3v) is 5.38. The summed E-state index contributed by atoms with van der Waals surface area (Å²) in [6, 6.07) is 0.645. The van der Waals surface area contributed by atoms with E-state index in [1.54, 1.807) is 0 Å². The molecule has 2 fully saturated rings. The zero-order valence-corrected chi connectivity index (χ0v) is 13.1. The molecule has 1 N–H and O–H groups in total. The van der Waals surface area contributed by atoms with Gasteiger partial charge in [0.25, 0.3) is 0 Å². The molecule has 0 aromatic rings. The van der Waals surface area contributed by atoms with Crippen molar-refractivity contribution in [1.29, 1.82) is 0 Å². The second-order valence-electron chi connectivity index (χ2n) is 6.91. The Balaban J connectivity index is 2.02. The van der Waals surface area contributed by atoms with Crippen LogP contribution in [0.1, 0.15) is 77.6 Å². The standard InChI is InChI=1S/C17H31NO2/c1-2-11-17(16(19)20)12-8-13-18(14-17)15-9-6-4-3-5-7-10-15/h15H,2-14H2,1H3,(H,19,20). The summed E-state index contributed by atoms with van der Waals surface area (Å²) in [5.41, 5.74) is -0.463. The molecule has 3 heteroatoms. The number of carboxylic acid groups (broad SMARTS) is 1. The molecule has 20 heavy (non-hydrogen) atoms. The quantitative estimate of drug-likeness (QED) is 0.844. The lowest BCUT2D eigenvalue weighted by atomic mass is 9.75. The van der Waals surface area contributed by atoms with Gasteiger partial charge in [-0.3, -0.25) is 9.69 Å². The molecule has 1 aliphatic heterocycles. The van der Waals surface area contributed by atoms with Crippen molar-refractivity contribution in [3.8, 4) is 0 Å². The summed E-state index contributed by atoms with van der Waals surface area (Å²) in [5.74, 6) is -0.560. The molecule has 1 atom stereocenters. The van der Waals surface area contributed by atoms with Gasteiger partial charge in [0.1, 0.15) is 0 Å². The van der Waals surface area contributed by atoms with E-state index in [2.05, 4.69) is 11.8 Å². The van der Waals surface area contributed by atoms with E-state index in [-0.39, 0.29) is 0 Å². The molecule has 0 aromatic heterocycles. The van der Waals surface area contributed by atoms with Crippen molar-refractivity contribution >= 4 is 5.97 Å². The van der Waals surface area contributed by atoms with E-state index < -0.39 is 11.4 Å². The first kappa shape index (κ1) is 15.8. The van der Waals surface area contributed by atoms with Gasteiger partial charge in [0.05, 0.1) is 5.41 Å². The molecule has 3 nitrogen and oxygen atoms in total. The summed E-state index contributed by atoms with van der Waals surface area (Å²) in [4.78, 5) is 14.3. The summed E-state index contributed by atoms with van der Waals surface area (Å²) in [6.07, 6.45) is 13.1. The summed E-state index contributed by atoms with van der Waals surface area (Å²) in [6.45, 7) is 4.02. The van der Waals surface area contributed by atoms with Gasteiger partial charge >= 0.3 is 5.97 Å². The lowest BCUT2D eigenvalue weighted by molar-refractivity contribution is -0.154. The Labute approximate surface area is 123 Å². The van der Waals surface area contributed by atoms with Crippen LogP contribution in [0.4, 0.5) is 0 Å². The normalized spacial score (nSPS) is 30.6. The van der Waals surface area contributed by atoms with E-state index in [1.165, 1.54) is 44.9 Å². The molecule has 2 aliphatic rings. The highest BCUT2D eigenvalue weighted by molar-refractivity contribution is 5.75. The third-order valence-electron chi connectivity index (χ3n) is 5.38. The van der Waals surface area contributed by atoms with Crippen molar-refractivity contribution in [3.05, 3.63) is 0 Å². The van der Waals surface area contributed by atoms with Gasteiger partial charge in [0.2, 0.25) is 0 Å². The Morgan fingerprint density at radius 1 is 1.15 bits per heavy atom. The Bertz CT molecular complexity index is 306. The number of carbonyl (C=O) groups is 1. The number of nitrogens with zero attached hydrogens (tertiary/aromatic N) is 1. The first-order valence-electron chi connectivity index (χ1n) is 8.65. The fraction of sp³-hybridized carbons (Fsp3) is 0.941. The van der Waals surface area contributed by atoms with Crippen LogP contribution in [-0.2, 0) is 4.79 Å². The van der Waals surface area contributed by atoms with Crippen LogP contribution in [0.15, 0.2) is 0 Å². The number of hydrogen-bond acceptors (Lipinski definition) is 2. The molecule has 1 saturated heterocycles. The summed E-state index contributed by atoms with van der Waals surface area (Å²) in [5, 5.41) is 9.71. The summed E-state index contributed by atoms with van der Waals surface area (Å²) < 4.78 is 0. The first-order valence-corrected chi connectivity index (χ1v) is 8.65. The van der Waals surface area contributed by atoms with Crippen LogP contribution >= 0.6 is 0 Å². The fourth-order valence-electron chi connectivity index (χ4n) is 4.24. The highest BCUT2D eigenvalue weighted by Crippen LogP contribution is 2.37. The van der Waals surface area contributed by atoms with Crippen molar-refractivity contribution < 1.29 is 9.90 Å². The maximum Gasteiger partial charge on any atom is 0.310 e. The highest BCUT2D eigenvalue weighted by Gasteiger charge is 2.42. The molecule has 116 valence electrons. The maximum atomic E-state index is 11.8. The Morgan fingerprint density at radius 2 is 1.80 bits per heavy atom. The first-order chi connectivity index (χ1) is 9.68. The van der Waals surface area contributed by atoms with Crippen molar-refractivity contribution in [2.24, 2.45) is 5.41 Å². The number of likely N-dealkylation sites (tertiary alicyclic amines) is 1. The second-order valence-corrected chi connectivity index (χ2v) is 6.91. The number of rotatable bonds is 4. The van der Waals surface area contributed by atoms with Gasteiger partial charge in [-0.2, -0.15) is 0 Å². The van der Waals surface area contributed by atoms with Crippen LogP contribution in [0.5, 0.6) is 0 Å². The van der Waals surface area contributed by atoms with Gasteiger partial charge < -0.3 is 5.11 Å². The Kier molecular flexibility index (Phi) is 5.88. The Hall–Kier alpha value is -0.570. The molecular formula is C17H31NO2. The van der Waals surface area contributed by atoms with E-state index in [0.717, 1.165) is 38.8 Å². The molecule has 1 unspecified atom stereocenters. The minimum atomic E-state index is -0.560. The molecule has 0 bridgehead atoms. The Morgan fingerprint density at radius 3 is 2.40 bits per heavy atom. The van der Waals surface area contributed by atoms with Gasteiger partial charge in [-0.1, -0.05) is 45.4 Å². The van der Waals surface area contributed by atoms with Crippen LogP contribution < -0.4 is 0 Å². The van der Waals surface area contributed by atoms with Crippen molar-refractivity contribution in [1.82, 2.24) is 4.90 Å². The minimum Gasteiger partial charge on any atom is -0.481 e. The summed E-state index contributed by atoms with van der Waals surface area (Å²) in [7, 11) is 0. The van der Waals surface area contributed by atoms with E-state index in [0.29, 0.717) is 6.04 Å². The highest BCUT2D eigenvalue weighted by atomic mass is 16.4. The van der Waals surface area contributed by atoms with Crippen LogP contribution in [0.2, 0.25) is 0 Å². The SMILES string of the molecule is CCCC1(C(=O)O)CCCN(C2CCCCCCC2)C1. The minimum absolute atomic E-state index is 0.463. The van der Waals surface area contributed by atoms with Crippen molar-refractivity contribution in [3.63, 3.8) is 0 Å². The average molecular weight is 281 g/mol. The van der Waals surface area contributed by atoms with E-state index in [9.17, 15) is 9.90 Å². The van der Waals surface area contributed by atoms with Gasteiger partial charge in [-0.25, -0.2) is 0 Å². The zero-order chi connectivity index (χ0) is 14.4. The molecule has 1 aliphatic carbocycles. The lowest BCUT2D eigenvalue weighted by Gasteiger charge is -2.44. The zero-order valence-electron chi connectivity index (χ0n) is 13.1. The number of piperidine rings is 1. The van der Waals surface area contributed by atoms with Crippen molar-refractivity contribution in [2.75, 3.05) is 13.1 Å². The van der Waals surface area contributed by atoms with E-state index in [1.807, 2.05) is 0 Å². The van der Waals surface area contributed by atoms with E-state index in [4.69, 9.17) is 0 Å². The molecule has 0 amide bonds. The van der Waals surface area contributed by atoms with Crippen LogP contribution in [0.3, 0.4) is 0 Å². The number of carboxylic acids is 1. The summed E-state index contributed by atoms with van der Waals surface area (Å²) >= 11 is 0. The molecule has 1 heterocycles. The predicted molar refractivity (Wildman–Crippen MR) is 81.9 cm³/mol. The molecular weight excluding hydrogens is 250 g/mol. The number of aliphatic carboxylic acids is 1. The second kappa shape index (κ2) is 7.44. The van der Waals surface area contributed by atoms with Gasteiger partial charge in [-0.05, 0) is 38.6 Å². The monoisotopic (exact) mass is 281 g/mol. The lowest BCUT2D eigenvalue weighted by Crippen LogP contribution is -2.51.